The number of hydrogen-bond donors (Lipinski definition) is 2. The highest BCUT2D eigenvalue weighted by molar-refractivity contribution is 5.83. The Labute approximate surface area is 169 Å². The summed E-state index contributed by atoms with van der Waals surface area (Å²) in [5.41, 5.74) is 0.941. The van der Waals surface area contributed by atoms with Crippen LogP contribution in [-0.2, 0) is 16.0 Å². The summed E-state index contributed by atoms with van der Waals surface area (Å²) in [7, 11) is 0. The van der Waals surface area contributed by atoms with E-state index in [0.29, 0.717) is 36.6 Å². The third kappa shape index (κ3) is 5.16. The third-order valence-corrected chi connectivity index (χ3v) is 5.63. The van der Waals surface area contributed by atoms with Gasteiger partial charge in [0, 0.05) is 24.1 Å². The first-order valence-electron chi connectivity index (χ1n) is 10.1. The summed E-state index contributed by atoms with van der Waals surface area (Å²) >= 11 is 0. The number of aliphatic carboxylic acids is 1. The SMILES string of the molecule is CCc1cc(=O)oc2cc(OC(C)C(=O)NCC3CCC(C(=O)O)CC3)ccc12. The number of fused-ring (bicyclic) bond motifs is 1. The average Bonchev–Trinajstić information content (AvgIpc) is 2.71. The summed E-state index contributed by atoms with van der Waals surface area (Å²) in [6.45, 7) is 4.16. The summed E-state index contributed by atoms with van der Waals surface area (Å²) in [6.07, 6.45) is 2.93. The standard InChI is InChI=1S/C22H27NO6/c1-3-15-10-20(24)29-19-11-17(8-9-18(15)19)28-13(2)21(25)23-12-14-4-6-16(7-5-14)22(26)27/h8-11,13-14,16H,3-7,12H2,1-2H3,(H,23,25)(H,26,27). The third-order valence-electron chi connectivity index (χ3n) is 5.63. The van der Waals surface area contributed by atoms with Gasteiger partial charge in [0.25, 0.3) is 5.91 Å². The van der Waals surface area contributed by atoms with Crippen molar-refractivity contribution in [2.75, 3.05) is 6.54 Å². The molecule has 0 radical (unpaired) electrons. The van der Waals surface area contributed by atoms with Crippen LogP contribution in [0.4, 0.5) is 0 Å². The lowest BCUT2D eigenvalue weighted by Crippen LogP contribution is -2.39. The highest BCUT2D eigenvalue weighted by atomic mass is 16.5. The molecule has 0 aliphatic heterocycles. The maximum absolute atomic E-state index is 12.4. The van der Waals surface area contributed by atoms with Crippen molar-refractivity contribution in [1.29, 1.82) is 0 Å². The fourth-order valence-electron chi connectivity index (χ4n) is 3.84. The molecule has 1 saturated carbocycles. The quantitative estimate of drug-likeness (QED) is 0.691. The molecule has 0 spiro atoms. The van der Waals surface area contributed by atoms with Gasteiger partial charge in [-0.05, 0) is 62.6 Å². The van der Waals surface area contributed by atoms with Gasteiger partial charge in [-0.1, -0.05) is 6.92 Å². The number of ether oxygens (including phenoxy) is 1. The van der Waals surface area contributed by atoms with E-state index in [4.69, 9.17) is 14.3 Å². The molecule has 2 N–H and O–H groups in total. The van der Waals surface area contributed by atoms with E-state index < -0.39 is 17.7 Å². The van der Waals surface area contributed by atoms with E-state index in [1.165, 1.54) is 6.07 Å². The second-order valence-electron chi connectivity index (χ2n) is 7.66. The normalized spacial score (nSPS) is 20.2. The molecule has 1 fully saturated rings. The molecule has 1 heterocycles. The lowest BCUT2D eigenvalue weighted by Gasteiger charge is -2.26. The molecule has 1 aliphatic carbocycles. The minimum atomic E-state index is -0.730. The van der Waals surface area contributed by atoms with E-state index >= 15 is 0 Å². The minimum absolute atomic E-state index is 0.228. The topological polar surface area (TPSA) is 106 Å². The van der Waals surface area contributed by atoms with Gasteiger partial charge < -0.3 is 19.6 Å². The molecule has 1 aliphatic rings. The zero-order valence-corrected chi connectivity index (χ0v) is 16.8. The van der Waals surface area contributed by atoms with Gasteiger partial charge in [0.2, 0.25) is 0 Å². The van der Waals surface area contributed by atoms with Gasteiger partial charge in [-0.15, -0.1) is 0 Å². The summed E-state index contributed by atoms with van der Waals surface area (Å²) in [4.78, 5) is 35.1. The monoisotopic (exact) mass is 401 g/mol. The van der Waals surface area contributed by atoms with Crippen molar-refractivity contribution in [3.63, 3.8) is 0 Å². The predicted octanol–water partition coefficient (Wildman–Crippen LogP) is 3.13. The van der Waals surface area contributed by atoms with Gasteiger partial charge in [-0.2, -0.15) is 0 Å². The van der Waals surface area contributed by atoms with Crippen molar-refractivity contribution < 1.29 is 23.8 Å². The van der Waals surface area contributed by atoms with Crippen LogP contribution in [0.25, 0.3) is 11.0 Å². The molecule has 7 heteroatoms. The fraction of sp³-hybridized carbons (Fsp3) is 0.500. The van der Waals surface area contributed by atoms with Gasteiger partial charge >= 0.3 is 11.6 Å². The Morgan fingerprint density at radius 1 is 1.24 bits per heavy atom. The Kier molecular flexibility index (Phi) is 6.56. The molecule has 0 bridgehead atoms. The van der Waals surface area contributed by atoms with Gasteiger partial charge in [-0.3, -0.25) is 9.59 Å². The Bertz CT molecular complexity index is 942. The molecule has 3 rings (SSSR count). The van der Waals surface area contributed by atoms with Crippen LogP contribution in [0.15, 0.2) is 33.5 Å². The van der Waals surface area contributed by atoms with Crippen LogP contribution >= 0.6 is 0 Å². The molecule has 1 amide bonds. The number of carbonyl (C=O) groups is 2. The van der Waals surface area contributed by atoms with Gasteiger partial charge in [0.05, 0.1) is 5.92 Å². The van der Waals surface area contributed by atoms with E-state index in [9.17, 15) is 14.4 Å². The van der Waals surface area contributed by atoms with Crippen molar-refractivity contribution in [3.05, 3.63) is 40.2 Å². The summed E-state index contributed by atoms with van der Waals surface area (Å²) in [6, 6.07) is 6.71. The van der Waals surface area contributed by atoms with Gasteiger partial charge in [0.15, 0.2) is 6.10 Å². The zero-order chi connectivity index (χ0) is 21.0. The fourth-order valence-corrected chi connectivity index (χ4v) is 3.84. The molecule has 1 aromatic carbocycles. The smallest absolute Gasteiger partial charge is 0.336 e. The van der Waals surface area contributed by atoms with Crippen molar-refractivity contribution in [2.24, 2.45) is 11.8 Å². The maximum Gasteiger partial charge on any atom is 0.336 e. The highest BCUT2D eigenvalue weighted by Crippen LogP contribution is 2.28. The molecule has 29 heavy (non-hydrogen) atoms. The number of benzene rings is 1. The summed E-state index contributed by atoms with van der Waals surface area (Å²) < 4.78 is 11.0. The number of rotatable bonds is 7. The first-order valence-corrected chi connectivity index (χ1v) is 10.1. The van der Waals surface area contributed by atoms with Crippen LogP contribution in [0, 0.1) is 11.8 Å². The van der Waals surface area contributed by atoms with E-state index in [0.717, 1.165) is 30.2 Å². The maximum atomic E-state index is 12.4. The Balaban J connectivity index is 1.55. The first-order chi connectivity index (χ1) is 13.9. The number of hydrogen-bond acceptors (Lipinski definition) is 5. The molecule has 2 aromatic rings. The largest absolute Gasteiger partial charge is 0.481 e. The highest BCUT2D eigenvalue weighted by Gasteiger charge is 2.26. The average molecular weight is 401 g/mol. The molecule has 156 valence electrons. The van der Waals surface area contributed by atoms with Gasteiger partial charge in [-0.25, -0.2) is 4.79 Å². The first kappa shape index (κ1) is 20.9. The molecule has 1 atom stereocenters. The molecule has 1 aromatic heterocycles. The van der Waals surface area contributed by atoms with Crippen molar-refractivity contribution >= 4 is 22.8 Å². The zero-order valence-electron chi connectivity index (χ0n) is 16.8. The Hall–Kier alpha value is -2.83. The van der Waals surface area contributed by atoms with Crippen molar-refractivity contribution in [1.82, 2.24) is 5.32 Å². The van der Waals surface area contributed by atoms with Crippen LogP contribution in [0.1, 0.15) is 45.1 Å². The molecule has 1 unspecified atom stereocenters. The summed E-state index contributed by atoms with van der Waals surface area (Å²) in [5.74, 6) is -0.464. The van der Waals surface area contributed by atoms with Crippen LogP contribution < -0.4 is 15.7 Å². The van der Waals surface area contributed by atoms with Crippen LogP contribution in [-0.4, -0.2) is 29.6 Å². The minimum Gasteiger partial charge on any atom is -0.481 e. The Morgan fingerprint density at radius 2 is 1.97 bits per heavy atom. The van der Waals surface area contributed by atoms with Crippen LogP contribution in [0.5, 0.6) is 5.75 Å². The molecular formula is C22H27NO6. The lowest BCUT2D eigenvalue weighted by molar-refractivity contribution is -0.143. The molecule has 0 saturated heterocycles. The van der Waals surface area contributed by atoms with Crippen LogP contribution in [0.2, 0.25) is 0 Å². The molecule has 7 nitrogen and oxygen atoms in total. The van der Waals surface area contributed by atoms with E-state index in [-0.39, 0.29) is 11.8 Å². The van der Waals surface area contributed by atoms with E-state index in [1.807, 2.05) is 13.0 Å². The summed E-state index contributed by atoms with van der Waals surface area (Å²) in [5, 5.41) is 12.8. The predicted molar refractivity (Wildman–Crippen MR) is 108 cm³/mol. The number of carboxylic acid groups (broad SMARTS) is 1. The van der Waals surface area contributed by atoms with Crippen molar-refractivity contribution in [2.45, 2.75) is 52.1 Å². The number of amides is 1. The Morgan fingerprint density at radius 3 is 2.62 bits per heavy atom. The number of nitrogens with one attached hydrogen (secondary N) is 1. The van der Waals surface area contributed by atoms with E-state index in [1.54, 1.807) is 19.1 Å². The second kappa shape index (κ2) is 9.11. The second-order valence-corrected chi connectivity index (χ2v) is 7.66. The number of carboxylic acids is 1. The van der Waals surface area contributed by atoms with Crippen molar-refractivity contribution in [3.8, 4) is 5.75 Å². The van der Waals surface area contributed by atoms with E-state index in [2.05, 4.69) is 5.32 Å². The number of aryl methyl sites for hydroxylation is 1. The van der Waals surface area contributed by atoms with Crippen LogP contribution in [0.3, 0.4) is 0 Å². The number of carbonyl (C=O) groups excluding carboxylic acids is 1. The molecular weight excluding hydrogens is 374 g/mol. The van der Waals surface area contributed by atoms with Gasteiger partial charge in [0.1, 0.15) is 11.3 Å². The lowest BCUT2D eigenvalue weighted by atomic mass is 9.82.